The van der Waals surface area contributed by atoms with Crippen molar-refractivity contribution in [2.45, 2.75) is 63.8 Å². The lowest BCUT2D eigenvalue weighted by Crippen LogP contribution is -2.37. The predicted octanol–water partition coefficient (Wildman–Crippen LogP) is 2.80. The Bertz CT molecular complexity index is 249. The van der Waals surface area contributed by atoms with Gasteiger partial charge < -0.3 is 10.4 Å². The second kappa shape index (κ2) is 6.39. The summed E-state index contributed by atoms with van der Waals surface area (Å²) in [5.41, 5.74) is 0. The monoisotopic (exact) mass is 239 g/mol. The number of carboxylic acid groups (broad SMARTS) is 1. The van der Waals surface area contributed by atoms with E-state index < -0.39 is 5.97 Å². The maximum Gasteiger partial charge on any atom is 0.306 e. The Kier molecular flexibility index (Phi) is 4.84. The van der Waals surface area contributed by atoms with E-state index in [0.717, 1.165) is 38.1 Å². The van der Waals surface area contributed by atoms with Crippen LogP contribution >= 0.6 is 0 Å². The maximum atomic E-state index is 11.0. The summed E-state index contributed by atoms with van der Waals surface area (Å²) in [6.07, 6.45) is 10.9. The first-order chi connectivity index (χ1) is 8.25. The maximum absolute atomic E-state index is 11.0. The summed E-state index contributed by atoms with van der Waals surface area (Å²) in [5.74, 6) is 0.224. The summed E-state index contributed by atoms with van der Waals surface area (Å²) < 4.78 is 0. The van der Waals surface area contributed by atoms with Gasteiger partial charge in [-0.05, 0) is 38.1 Å². The molecule has 0 heterocycles. The molecule has 0 aromatic heterocycles. The van der Waals surface area contributed by atoms with Crippen molar-refractivity contribution in [1.82, 2.24) is 5.32 Å². The Morgan fingerprint density at radius 3 is 2.59 bits per heavy atom. The topological polar surface area (TPSA) is 49.3 Å². The zero-order valence-electron chi connectivity index (χ0n) is 10.7. The Labute approximate surface area is 104 Å². The normalized spacial score (nSPS) is 30.6. The van der Waals surface area contributed by atoms with Crippen molar-refractivity contribution in [2.75, 3.05) is 6.54 Å². The van der Waals surface area contributed by atoms with Crippen molar-refractivity contribution in [3.05, 3.63) is 0 Å². The molecule has 0 aromatic carbocycles. The van der Waals surface area contributed by atoms with Gasteiger partial charge in [-0.1, -0.05) is 32.1 Å². The molecular weight excluding hydrogens is 214 g/mol. The molecule has 2 N–H and O–H groups in total. The number of hydrogen-bond acceptors (Lipinski definition) is 2. The highest BCUT2D eigenvalue weighted by molar-refractivity contribution is 5.70. The van der Waals surface area contributed by atoms with Gasteiger partial charge in [0.2, 0.25) is 0 Å². The number of nitrogens with one attached hydrogen (secondary N) is 1. The Balaban J connectivity index is 1.62. The Morgan fingerprint density at radius 1 is 1.12 bits per heavy atom. The highest BCUT2D eigenvalue weighted by atomic mass is 16.4. The summed E-state index contributed by atoms with van der Waals surface area (Å²) in [7, 11) is 0. The Morgan fingerprint density at radius 2 is 1.88 bits per heavy atom. The van der Waals surface area contributed by atoms with Crippen molar-refractivity contribution in [3.63, 3.8) is 0 Å². The predicted molar refractivity (Wildman–Crippen MR) is 68.0 cm³/mol. The molecule has 2 saturated carbocycles. The Hall–Kier alpha value is -0.570. The summed E-state index contributed by atoms with van der Waals surface area (Å²) in [5, 5.41) is 12.6. The summed E-state index contributed by atoms with van der Waals surface area (Å²) >= 11 is 0. The average molecular weight is 239 g/mol. The van der Waals surface area contributed by atoms with Crippen LogP contribution in [0.4, 0.5) is 0 Å². The largest absolute Gasteiger partial charge is 0.481 e. The average Bonchev–Trinajstić information content (AvgIpc) is 2.82. The van der Waals surface area contributed by atoms with Crippen LogP contribution in [-0.4, -0.2) is 23.7 Å². The zero-order chi connectivity index (χ0) is 12.1. The quantitative estimate of drug-likeness (QED) is 0.775. The third-order valence-electron chi connectivity index (χ3n) is 4.48. The molecule has 2 aliphatic rings. The van der Waals surface area contributed by atoms with Crippen LogP contribution in [-0.2, 0) is 4.79 Å². The van der Waals surface area contributed by atoms with E-state index in [9.17, 15) is 4.79 Å². The highest BCUT2D eigenvalue weighted by Crippen LogP contribution is 2.28. The number of hydrogen-bond donors (Lipinski definition) is 2. The smallest absolute Gasteiger partial charge is 0.306 e. The van der Waals surface area contributed by atoms with Crippen molar-refractivity contribution >= 4 is 5.97 Å². The highest BCUT2D eigenvalue weighted by Gasteiger charge is 2.26. The van der Waals surface area contributed by atoms with Gasteiger partial charge in [-0.2, -0.15) is 0 Å². The van der Waals surface area contributed by atoms with E-state index in [2.05, 4.69) is 5.32 Å². The van der Waals surface area contributed by atoms with Gasteiger partial charge in [-0.3, -0.25) is 4.79 Å². The summed E-state index contributed by atoms with van der Waals surface area (Å²) in [6, 6.07) is 0.450. The van der Waals surface area contributed by atoms with Crippen LogP contribution in [0.2, 0.25) is 0 Å². The molecule has 0 aliphatic heterocycles. The van der Waals surface area contributed by atoms with E-state index in [0.29, 0.717) is 6.04 Å². The molecule has 98 valence electrons. The van der Waals surface area contributed by atoms with Gasteiger partial charge in [0.25, 0.3) is 0 Å². The molecule has 17 heavy (non-hydrogen) atoms. The van der Waals surface area contributed by atoms with Gasteiger partial charge in [0.05, 0.1) is 5.92 Å². The first-order valence-electron chi connectivity index (χ1n) is 7.22. The molecule has 3 heteroatoms. The first-order valence-corrected chi connectivity index (χ1v) is 7.22. The van der Waals surface area contributed by atoms with Crippen molar-refractivity contribution in [2.24, 2.45) is 11.8 Å². The molecule has 0 aromatic rings. The molecule has 0 saturated heterocycles. The molecule has 2 atom stereocenters. The van der Waals surface area contributed by atoms with Crippen LogP contribution in [0.5, 0.6) is 0 Å². The first kappa shape index (κ1) is 12.9. The minimum absolute atomic E-state index is 0.104. The molecule has 2 aliphatic carbocycles. The van der Waals surface area contributed by atoms with Crippen LogP contribution in [0.1, 0.15) is 57.8 Å². The van der Waals surface area contributed by atoms with Crippen LogP contribution in [0.25, 0.3) is 0 Å². The van der Waals surface area contributed by atoms with Crippen molar-refractivity contribution in [1.29, 1.82) is 0 Å². The van der Waals surface area contributed by atoms with E-state index in [1.165, 1.54) is 32.1 Å². The SMILES string of the molecule is O=C(O)C1CCCC(NCCC2CCCC2)C1. The van der Waals surface area contributed by atoms with Crippen LogP contribution in [0.15, 0.2) is 0 Å². The third kappa shape index (κ3) is 3.98. The van der Waals surface area contributed by atoms with Crippen molar-refractivity contribution in [3.8, 4) is 0 Å². The fraction of sp³-hybridized carbons (Fsp3) is 0.929. The molecule has 0 amide bonds. The van der Waals surface area contributed by atoms with Gasteiger partial charge in [-0.15, -0.1) is 0 Å². The molecule has 3 nitrogen and oxygen atoms in total. The van der Waals surface area contributed by atoms with E-state index >= 15 is 0 Å². The van der Waals surface area contributed by atoms with Crippen LogP contribution in [0.3, 0.4) is 0 Å². The fourth-order valence-corrected chi connectivity index (χ4v) is 3.39. The summed E-state index contributed by atoms with van der Waals surface area (Å²) in [4.78, 5) is 11.0. The van der Waals surface area contributed by atoms with Gasteiger partial charge in [0, 0.05) is 6.04 Å². The van der Waals surface area contributed by atoms with Crippen LogP contribution < -0.4 is 5.32 Å². The van der Waals surface area contributed by atoms with E-state index in [1.807, 2.05) is 0 Å². The molecule has 0 bridgehead atoms. The third-order valence-corrected chi connectivity index (χ3v) is 4.48. The zero-order valence-corrected chi connectivity index (χ0v) is 10.7. The minimum Gasteiger partial charge on any atom is -0.481 e. The molecule has 0 radical (unpaired) electrons. The second-order valence-corrected chi connectivity index (χ2v) is 5.79. The van der Waals surface area contributed by atoms with Gasteiger partial charge >= 0.3 is 5.97 Å². The lowest BCUT2D eigenvalue weighted by atomic mass is 9.85. The molecule has 0 spiro atoms. The van der Waals surface area contributed by atoms with Gasteiger partial charge in [0.1, 0.15) is 0 Å². The van der Waals surface area contributed by atoms with Crippen LogP contribution in [0, 0.1) is 11.8 Å². The lowest BCUT2D eigenvalue weighted by molar-refractivity contribution is -0.143. The fourth-order valence-electron chi connectivity index (χ4n) is 3.39. The molecule has 2 unspecified atom stereocenters. The van der Waals surface area contributed by atoms with Crippen molar-refractivity contribution < 1.29 is 9.90 Å². The molecular formula is C14H25NO2. The molecule has 2 rings (SSSR count). The van der Waals surface area contributed by atoms with E-state index in [1.54, 1.807) is 0 Å². The number of carboxylic acids is 1. The minimum atomic E-state index is -0.604. The number of rotatable bonds is 5. The second-order valence-electron chi connectivity index (χ2n) is 5.79. The number of aliphatic carboxylic acids is 1. The lowest BCUT2D eigenvalue weighted by Gasteiger charge is -2.27. The number of carbonyl (C=O) groups is 1. The van der Waals surface area contributed by atoms with Gasteiger partial charge in [0.15, 0.2) is 0 Å². The molecule has 2 fully saturated rings. The van der Waals surface area contributed by atoms with E-state index in [4.69, 9.17) is 5.11 Å². The van der Waals surface area contributed by atoms with Gasteiger partial charge in [-0.25, -0.2) is 0 Å². The summed E-state index contributed by atoms with van der Waals surface area (Å²) in [6.45, 7) is 1.08. The standard InChI is InChI=1S/C14H25NO2/c16-14(17)12-6-3-7-13(10-12)15-9-8-11-4-1-2-5-11/h11-13,15H,1-10H2,(H,16,17). The van der Waals surface area contributed by atoms with E-state index in [-0.39, 0.29) is 5.92 Å².